The highest BCUT2D eigenvalue weighted by atomic mass is 32.2. The first-order valence-corrected chi connectivity index (χ1v) is 13.0. The topological polar surface area (TPSA) is 92.5 Å². The van der Waals surface area contributed by atoms with Gasteiger partial charge in [-0.2, -0.15) is 4.31 Å². The summed E-state index contributed by atoms with van der Waals surface area (Å²) < 4.78 is 60.2. The van der Waals surface area contributed by atoms with E-state index < -0.39 is 21.7 Å². The molecule has 7 nitrogen and oxygen atoms in total. The molecule has 34 heavy (non-hydrogen) atoms. The Kier molecular flexibility index (Phi) is 7.24. The third kappa shape index (κ3) is 5.26. The van der Waals surface area contributed by atoms with Crippen LogP contribution in [0.3, 0.4) is 0 Å². The van der Waals surface area contributed by atoms with Crippen molar-refractivity contribution < 1.29 is 26.5 Å². The summed E-state index contributed by atoms with van der Waals surface area (Å²) in [6.07, 6.45) is 3.39. The highest BCUT2D eigenvalue weighted by molar-refractivity contribution is 7.89. The van der Waals surface area contributed by atoms with E-state index in [9.17, 15) is 22.0 Å². The van der Waals surface area contributed by atoms with Gasteiger partial charge in [-0.25, -0.2) is 17.2 Å². The van der Waals surface area contributed by atoms with Gasteiger partial charge in [-0.05, 0) is 55.5 Å². The predicted octanol–water partition coefficient (Wildman–Crippen LogP) is 4.21. The van der Waals surface area contributed by atoms with Crippen LogP contribution in [0.4, 0.5) is 8.78 Å². The number of halogens is 2. The van der Waals surface area contributed by atoms with Crippen LogP contribution in [0.15, 0.2) is 45.1 Å². The van der Waals surface area contributed by atoms with Gasteiger partial charge in [0.15, 0.2) is 10.7 Å². The summed E-state index contributed by atoms with van der Waals surface area (Å²) in [6.45, 7) is 2.33. The Morgan fingerprint density at radius 2 is 2.03 bits per heavy atom. The highest BCUT2D eigenvalue weighted by Gasteiger charge is 2.35. The number of benzene rings is 1. The van der Waals surface area contributed by atoms with E-state index in [1.165, 1.54) is 29.4 Å². The second-order valence-electron chi connectivity index (χ2n) is 7.94. The number of aryl methyl sites for hydroxylation is 1. The molecule has 1 aromatic carbocycles. The van der Waals surface area contributed by atoms with Gasteiger partial charge in [0.05, 0.1) is 6.54 Å². The second-order valence-corrected chi connectivity index (χ2v) is 10.8. The van der Waals surface area contributed by atoms with E-state index in [1.54, 1.807) is 11.3 Å². The summed E-state index contributed by atoms with van der Waals surface area (Å²) in [4.78, 5) is 13.4. The van der Waals surface area contributed by atoms with Gasteiger partial charge in [-0.15, -0.1) is 11.3 Å². The van der Waals surface area contributed by atoms with Crippen molar-refractivity contribution in [3.05, 3.63) is 69.2 Å². The average molecular weight is 508 g/mol. The Labute approximate surface area is 200 Å². The summed E-state index contributed by atoms with van der Waals surface area (Å²) in [5.74, 6) is -1.89. The largest absolute Gasteiger partial charge is 0.355 e. The molecule has 3 aromatic rings. The van der Waals surface area contributed by atoms with Crippen molar-refractivity contribution in [3.63, 3.8) is 0 Å². The molecule has 0 radical (unpaired) electrons. The highest BCUT2D eigenvalue weighted by Crippen LogP contribution is 2.29. The molecule has 0 unspecified atom stereocenters. The Bertz CT molecular complexity index is 1300. The summed E-state index contributed by atoms with van der Waals surface area (Å²) in [6, 6.07) is 6.95. The standard InChI is InChI=1S/C23H23F2N3O4S2/c1-15-22(21(32-27-15)7-5-16-4-6-18(24)13-20(16)25)34(30,31)28-10-8-17(9-11-28)23(29)26-14-19-3-2-12-33-19/h2-7,12-13,17H,8-11,14H2,1H3,(H,26,29)/b7-5+. The number of hydrogen-bond donors (Lipinski definition) is 1. The molecule has 1 aliphatic heterocycles. The number of sulfonamides is 1. The molecule has 180 valence electrons. The van der Waals surface area contributed by atoms with Gasteiger partial charge < -0.3 is 9.84 Å². The number of carbonyl (C=O) groups excluding carboxylic acids is 1. The fraction of sp³-hybridized carbons (Fsp3) is 0.304. The molecule has 3 heterocycles. The maximum Gasteiger partial charge on any atom is 0.248 e. The van der Waals surface area contributed by atoms with Crippen LogP contribution in [0, 0.1) is 24.5 Å². The molecule has 1 fully saturated rings. The minimum Gasteiger partial charge on any atom is -0.355 e. The number of piperidine rings is 1. The molecule has 2 aromatic heterocycles. The van der Waals surface area contributed by atoms with Crippen LogP contribution < -0.4 is 5.32 Å². The third-order valence-electron chi connectivity index (χ3n) is 5.65. The number of carbonyl (C=O) groups is 1. The van der Waals surface area contributed by atoms with Crippen LogP contribution in [0.2, 0.25) is 0 Å². The number of nitrogens with zero attached hydrogens (tertiary/aromatic N) is 2. The normalized spacial score (nSPS) is 15.7. The fourth-order valence-corrected chi connectivity index (χ4v) is 6.18. The van der Waals surface area contributed by atoms with Crippen molar-refractivity contribution in [1.29, 1.82) is 0 Å². The van der Waals surface area contributed by atoms with E-state index >= 15 is 0 Å². The molecule has 0 bridgehead atoms. The lowest BCUT2D eigenvalue weighted by Gasteiger charge is -2.30. The SMILES string of the molecule is Cc1noc(/C=C/c2ccc(F)cc2F)c1S(=O)(=O)N1CCC(C(=O)NCc2cccs2)CC1. The third-order valence-corrected chi connectivity index (χ3v) is 8.58. The number of aromatic nitrogens is 1. The van der Waals surface area contributed by atoms with Crippen LogP contribution >= 0.6 is 11.3 Å². The minimum absolute atomic E-state index is 0.0444. The monoisotopic (exact) mass is 507 g/mol. The molecule has 0 aliphatic carbocycles. The van der Waals surface area contributed by atoms with E-state index in [4.69, 9.17) is 4.52 Å². The molecule has 1 amide bonds. The molecule has 0 saturated carbocycles. The van der Waals surface area contributed by atoms with Crippen molar-refractivity contribution in [1.82, 2.24) is 14.8 Å². The Hall–Kier alpha value is -2.89. The van der Waals surface area contributed by atoms with Gasteiger partial charge in [-0.1, -0.05) is 11.2 Å². The molecule has 1 N–H and O–H groups in total. The number of hydrogen-bond acceptors (Lipinski definition) is 6. The fourth-order valence-electron chi connectivity index (χ4n) is 3.82. The van der Waals surface area contributed by atoms with Crippen molar-refractivity contribution in [2.45, 2.75) is 31.2 Å². The lowest BCUT2D eigenvalue weighted by Crippen LogP contribution is -2.43. The predicted molar refractivity (Wildman–Crippen MR) is 124 cm³/mol. The van der Waals surface area contributed by atoms with Crippen molar-refractivity contribution in [3.8, 4) is 0 Å². The van der Waals surface area contributed by atoms with E-state index in [0.717, 1.165) is 17.0 Å². The van der Waals surface area contributed by atoms with Gasteiger partial charge in [0, 0.05) is 35.5 Å². The summed E-state index contributed by atoms with van der Waals surface area (Å²) in [5, 5.41) is 8.62. The summed E-state index contributed by atoms with van der Waals surface area (Å²) >= 11 is 1.56. The quantitative estimate of drug-likeness (QED) is 0.517. The second kappa shape index (κ2) is 10.2. The van der Waals surface area contributed by atoms with Gasteiger partial charge in [0.25, 0.3) is 0 Å². The maximum absolute atomic E-state index is 13.9. The maximum atomic E-state index is 13.9. The molecule has 0 atom stereocenters. The van der Waals surface area contributed by atoms with Crippen LogP contribution in [0.25, 0.3) is 12.2 Å². The van der Waals surface area contributed by atoms with E-state index in [2.05, 4.69) is 10.5 Å². The molecule has 4 rings (SSSR count). The number of amides is 1. The Morgan fingerprint density at radius 1 is 1.26 bits per heavy atom. The lowest BCUT2D eigenvalue weighted by atomic mass is 9.97. The van der Waals surface area contributed by atoms with Crippen LogP contribution in [-0.2, 0) is 21.4 Å². The molecular formula is C23H23F2N3O4S2. The van der Waals surface area contributed by atoms with E-state index in [1.807, 2.05) is 17.5 Å². The summed E-state index contributed by atoms with van der Waals surface area (Å²) in [5.41, 5.74) is 0.253. The van der Waals surface area contributed by atoms with E-state index in [-0.39, 0.29) is 46.8 Å². The smallest absolute Gasteiger partial charge is 0.248 e. The number of rotatable bonds is 7. The van der Waals surface area contributed by atoms with Crippen LogP contribution in [0.1, 0.15) is 34.7 Å². The molecule has 11 heteroatoms. The summed E-state index contributed by atoms with van der Waals surface area (Å²) in [7, 11) is -3.96. The minimum atomic E-state index is -3.96. The van der Waals surface area contributed by atoms with Crippen LogP contribution in [0.5, 0.6) is 0 Å². The van der Waals surface area contributed by atoms with Gasteiger partial charge >= 0.3 is 0 Å². The zero-order valence-corrected chi connectivity index (χ0v) is 20.0. The van der Waals surface area contributed by atoms with Gasteiger partial charge in [0.2, 0.25) is 15.9 Å². The van der Waals surface area contributed by atoms with Gasteiger partial charge in [0.1, 0.15) is 17.3 Å². The van der Waals surface area contributed by atoms with E-state index in [0.29, 0.717) is 19.4 Å². The van der Waals surface area contributed by atoms with Gasteiger partial charge in [-0.3, -0.25) is 4.79 Å². The molecule has 0 spiro atoms. The zero-order chi connectivity index (χ0) is 24.3. The molecule has 1 saturated heterocycles. The lowest BCUT2D eigenvalue weighted by molar-refractivity contribution is -0.126. The van der Waals surface area contributed by atoms with Crippen molar-refractivity contribution in [2.75, 3.05) is 13.1 Å². The first-order valence-electron chi connectivity index (χ1n) is 10.7. The zero-order valence-electron chi connectivity index (χ0n) is 18.3. The molecular weight excluding hydrogens is 484 g/mol. The first-order chi connectivity index (χ1) is 16.3. The van der Waals surface area contributed by atoms with Crippen LogP contribution in [-0.4, -0.2) is 36.9 Å². The van der Waals surface area contributed by atoms with Crippen molar-refractivity contribution >= 4 is 39.4 Å². The number of thiophene rings is 1. The molecule has 1 aliphatic rings. The number of nitrogens with one attached hydrogen (secondary N) is 1. The average Bonchev–Trinajstić information content (AvgIpc) is 3.47. The Morgan fingerprint density at radius 3 is 2.71 bits per heavy atom. The van der Waals surface area contributed by atoms with Crippen molar-refractivity contribution in [2.24, 2.45) is 5.92 Å². The first kappa shape index (κ1) is 24.2. The Balaban J connectivity index is 1.44.